The zero-order valence-electron chi connectivity index (χ0n) is 16.1. The predicted molar refractivity (Wildman–Crippen MR) is 110 cm³/mol. The summed E-state index contributed by atoms with van der Waals surface area (Å²) in [4.78, 5) is 22.3. The summed E-state index contributed by atoms with van der Waals surface area (Å²) in [6, 6.07) is 19.8. The van der Waals surface area contributed by atoms with E-state index in [1.165, 1.54) is 24.5 Å². The molecular formula is C23H25N3O2. The van der Waals surface area contributed by atoms with Crippen LogP contribution >= 0.6 is 0 Å². The van der Waals surface area contributed by atoms with E-state index < -0.39 is 0 Å². The number of para-hydroxylation sites is 1. The van der Waals surface area contributed by atoms with Crippen LogP contribution in [0.1, 0.15) is 31.0 Å². The smallest absolute Gasteiger partial charge is 0.251 e. The Hall–Kier alpha value is -2.92. The number of nitrogens with zero attached hydrogens (tertiary/aromatic N) is 2. The van der Waals surface area contributed by atoms with Crippen molar-refractivity contribution in [3.05, 3.63) is 82.3 Å². The fraction of sp³-hybridized carbons (Fsp3) is 0.304. The minimum absolute atomic E-state index is 0.166. The molecule has 1 unspecified atom stereocenters. The molecular weight excluding hydrogens is 350 g/mol. The van der Waals surface area contributed by atoms with Crippen LogP contribution in [-0.4, -0.2) is 27.5 Å². The van der Waals surface area contributed by atoms with E-state index in [1.54, 1.807) is 0 Å². The fourth-order valence-corrected chi connectivity index (χ4v) is 3.72. The summed E-state index contributed by atoms with van der Waals surface area (Å²) < 4.78 is 5.77. The van der Waals surface area contributed by atoms with Crippen molar-refractivity contribution in [2.45, 2.75) is 39.0 Å². The molecule has 2 heterocycles. The maximum Gasteiger partial charge on any atom is 0.251 e. The average Bonchev–Trinajstić information content (AvgIpc) is 3.12. The normalized spacial score (nSPS) is 17.0. The SMILES string of the molecule is CC1CCCN1Cc1ccccc1-c1nc(COc2ccccc2)cc(=O)[nH]1. The highest BCUT2D eigenvalue weighted by molar-refractivity contribution is 5.60. The molecule has 0 radical (unpaired) electrons. The summed E-state index contributed by atoms with van der Waals surface area (Å²) in [6.45, 7) is 4.51. The van der Waals surface area contributed by atoms with Crippen LogP contribution in [-0.2, 0) is 13.2 Å². The highest BCUT2D eigenvalue weighted by Crippen LogP contribution is 2.25. The van der Waals surface area contributed by atoms with Crippen molar-refractivity contribution in [3.8, 4) is 17.1 Å². The summed E-state index contributed by atoms with van der Waals surface area (Å²) in [5, 5.41) is 0. The molecule has 28 heavy (non-hydrogen) atoms. The monoisotopic (exact) mass is 375 g/mol. The van der Waals surface area contributed by atoms with Crippen molar-refractivity contribution in [1.82, 2.24) is 14.9 Å². The summed E-state index contributed by atoms with van der Waals surface area (Å²) in [7, 11) is 0. The number of ether oxygens (including phenoxy) is 1. The fourth-order valence-electron chi connectivity index (χ4n) is 3.72. The van der Waals surface area contributed by atoms with E-state index in [4.69, 9.17) is 4.74 Å². The number of nitrogens with one attached hydrogen (secondary N) is 1. The largest absolute Gasteiger partial charge is 0.487 e. The number of benzene rings is 2. The molecule has 1 N–H and O–H groups in total. The van der Waals surface area contributed by atoms with E-state index >= 15 is 0 Å². The molecule has 0 amide bonds. The molecule has 1 aliphatic heterocycles. The number of H-pyrrole nitrogens is 1. The first kappa shape index (κ1) is 18.4. The van der Waals surface area contributed by atoms with Crippen molar-refractivity contribution in [2.75, 3.05) is 6.54 Å². The van der Waals surface area contributed by atoms with Gasteiger partial charge in [0.1, 0.15) is 18.2 Å². The van der Waals surface area contributed by atoms with Gasteiger partial charge in [0.25, 0.3) is 5.56 Å². The van der Waals surface area contributed by atoms with Crippen molar-refractivity contribution >= 4 is 0 Å². The summed E-state index contributed by atoms with van der Waals surface area (Å²) >= 11 is 0. The minimum atomic E-state index is -0.166. The van der Waals surface area contributed by atoms with Crippen LogP contribution in [0.3, 0.4) is 0 Å². The van der Waals surface area contributed by atoms with Crippen LogP contribution < -0.4 is 10.3 Å². The highest BCUT2D eigenvalue weighted by Gasteiger charge is 2.21. The molecule has 0 saturated carbocycles. The van der Waals surface area contributed by atoms with Crippen LogP contribution in [0.4, 0.5) is 0 Å². The third-order valence-electron chi connectivity index (χ3n) is 5.26. The molecule has 5 nitrogen and oxygen atoms in total. The van der Waals surface area contributed by atoms with Crippen LogP contribution in [0.2, 0.25) is 0 Å². The molecule has 1 aromatic heterocycles. The van der Waals surface area contributed by atoms with Gasteiger partial charge in [0.15, 0.2) is 0 Å². The van der Waals surface area contributed by atoms with Gasteiger partial charge in [-0.05, 0) is 44.0 Å². The van der Waals surface area contributed by atoms with Gasteiger partial charge in [-0.3, -0.25) is 9.69 Å². The maximum atomic E-state index is 12.2. The van der Waals surface area contributed by atoms with Gasteiger partial charge in [0.05, 0.1) is 5.69 Å². The van der Waals surface area contributed by atoms with E-state index in [-0.39, 0.29) is 12.2 Å². The molecule has 5 heteroatoms. The summed E-state index contributed by atoms with van der Waals surface area (Å²) in [5.74, 6) is 1.36. The Morgan fingerprint density at radius 2 is 1.93 bits per heavy atom. The maximum absolute atomic E-state index is 12.2. The van der Waals surface area contributed by atoms with E-state index in [1.807, 2.05) is 48.5 Å². The van der Waals surface area contributed by atoms with Crippen LogP contribution in [0.25, 0.3) is 11.4 Å². The standard InChI is InChI=1S/C23H25N3O2/c1-17-8-7-13-26(17)15-18-9-5-6-12-21(18)23-24-19(14-22(27)25-23)16-28-20-10-3-2-4-11-20/h2-6,9-12,14,17H,7-8,13,15-16H2,1H3,(H,24,25,27). The average molecular weight is 375 g/mol. The molecule has 3 aromatic rings. The second-order valence-electron chi connectivity index (χ2n) is 7.31. The Morgan fingerprint density at radius 3 is 2.71 bits per heavy atom. The number of aromatic amines is 1. The Bertz CT molecular complexity index is 984. The molecule has 1 saturated heterocycles. The quantitative estimate of drug-likeness (QED) is 0.707. The minimum Gasteiger partial charge on any atom is -0.487 e. The third-order valence-corrected chi connectivity index (χ3v) is 5.26. The molecule has 0 bridgehead atoms. The van der Waals surface area contributed by atoms with Crippen LogP contribution in [0.5, 0.6) is 5.75 Å². The van der Waals surface area contributed by atoms with Gasteiger partial charge in [-0.2, -0.15) is 0 Å². The number of likely N-dealkylation sites (tertiary alicyclic amines) is 1. The Morgan fingerprint density at radius 1 is 1.14 bits per heavy atom. The van der Waals surface area contributed by atoms with E-state index in [0.29, 0.717) is 17.6 Å². The predicted octanol–water partition coefficient (Wildman–Crippen LogP) is 4.00. The van der Waals surface area contributed by atoms with Gasteiger partial charge in [0.2, 0.25) is 0 Å². The molecule has 1 atom stereocenters. The molecule has 144 valence electrons. The third kappa shape index (κ3) is 4.31. The first-order chi connectivity index (χ1) is 13.7. The molecule has 0 spiro atoms. The van der Waals surface area contributed by atoms with Gasteiger partial charge < -0.3 is 9.72 Å². The second-order valence-corrected chi connectivity index (χ2v) is 7.31. The zero-order chi connectivity index (χ0) is 19.3. The lowest BCUT2D eigenvalue weighted by atomic mass is 10.1. The second kappa shape index (κ2) is 8.40. The van der Waals surface area contributed by atoms with Gasteiger partial charge in [0, 0.05) is 24.2 Å². The first-order valence-electron chi connectivity index (χ1n) is 9.79. The summed E-state index contributed by atoms with van der Waals surface area (Å²) in [5.41, 5.74) is 2.61. The van der Waals surface area contributed by atoms with Crippen LogP contribution in [0.15, 0.2) is 65.5 Å². The lowest BCUT2D eigenvalue weighted by Gasteiger charge is -2.22. The lowest BCUT2D eigenvalue weighted by molar-refractivity contribution is 0.260. The molecule has 1 aliphatic rings. The highest BCUT2D eigenvalue weighted by atomic mass is 16.5. The number of hydrogen-bond donors (Lipinski definition) is 1. The molecule has 2 aromatic carbocycles. The molecule has 4 rings (SSSR count). The Labute approximate surface area is 165 Å². The van der Waals surface area contributed by atoms with Crippen molar-refractivity contribution in [3.63, 3.8) is 0 Å². The van der Waals surface area contributed by atoms with Crippen molar-refractivity contribution in [2.24, 2.45) is 0 Å². The van der Waals surface area contributed by atoms with Crippen LogP contribution in [0, 0.1) is 0 Å². The number of hydrogen-bond acceptors (Lipinski definition) is 4. The van der Waals surface area contributed by atoms with Gasteiger partial charge in [-0.25, -0.2) is 4.98 Å². The first-order valence-corrected chi connectivity index (χ1v) is 9.79. The number of rotatable bonds is 6. The Balaban J connectivity index is 1.59. The number of aromatic nitrogens is 2. The van der Waals surface area contributed by atoms with Gasteiger partial charge >= 0.3 is 0 Å². The summed E-state index contributed by atoms with van der Waals surface area (Å²) in [6.07, 6.45) is 2.48. The van der Waals surface area contributed by atoms with Crippen molar-refractivity contribution in [1.29, 1.82) is 0 Å². The van der Waals surface area contributed by atoms with E-state index in [0.717, 1.165) is 24.4 Å². The van der Waals surface area contributed by atoms with E-state index in [9.17, 15) is 4.79 Å². The van der Waals surface area contributed by atoms with E-state index in [2.05, 4.69) is 27.9 Å². The molecule has 0 aliphatic carbocycles. The zero-order valence-corrected chi connectivity index (χ0v) is 16.1. The lowest BCUT2D eigenvalue weighted by Crippen LogP contribution is -2.26. The van der Waals surface area contributed by atoms with Crippen molar-refractivity contribution < 1.29 is 4.74 Å². The van der Waals surface area contributed by atoms with Gasteiger partial charge in [-0.1, -0.05) is 42.5 Å². The van der Waals surface area contributed by atoms with Gasteiger partial charge in [-0.15, -0.1) is 0 Å². The topological polar surface area (TPSA) is 58.2 Å². The Kier molecular flexibility index (Phi) is 5.53. The molecule has 1 fully saturated rings.